The maximum absolute atomic E-state index is 12.1. The number of amides is 1. The molecule has 2 aliphatic rings. The van der Waals surface area contributed by atoms with E-state index in [9.17, 15) is 4.79 Å². The normalized spacial score (nSPS) is 25.6. The van der Waals surface area contributed by atoms with Crippen molar-refractivity contribution in [2.75, 3.05) is 26.2 Å². The molecule has 0 aromatic rings. The first kappa shape index (κ1) is 17.7. The Bertz CT molecular complexity index is 280. The van der Waals surface area contributed by atoms with Crippen LogP contribution in [0.25, 0.3) is 0 Å². The van der Waals surface area contributed by atoms with Gasteiger partial charge in [-0.3, -0.25) is 9.69 Å². The summed E-state index contributed by atoms with van der Waals surface area (Å²) in [6.45, 7) is 3.36. The minimum absolute atomic E-state index is 0. The third-order valence-electron chi connectivity index (χ3n) is 4.52. The van der Waals surface area contributed by atoms with E-state index < -0.39 is 0 Å². The van der Waals surface area contributed by atoms with Gasteiger partial charge in [0.15, 0.2) is 0 Å². The molecule has 1 saturated carbocycles. The number of nitrogens with one attached hydrogen (secondary N) is 1. The maximum Gasteiger partial charge on any atom is 0.234 e. The molecule has 2 fully saturated rings. The van der Waals surface area contributed by atoms with Crippen LogP contribution in [0.3, 0.4) is 0 Å². The number of nitrogens with zero attached hydrogens (tertiary/aromatic N) is 1. The molecule has 0 aromatic carbocycles. The van der Waals surface area contributed by atoms with Gasteiger partial charge in [-0.15, -0.1) is 12.4 Å². The lowest BCUT2D eigenvalue weighted by molar-refractivity contribution is -0.123. The zero-order valence-corrected chi connectivity index (χ0v) is 13.3. The summed E-state index contributed by atoms with van der Waals surface area (Å²) in [5.74, 6) is 0.795. The molecule has 118 valence electrons. The largest absolute Gasteiger partial charge is 0.352 e. The van der Waals surface area contributed by atoms with E-state index in [0.717, 1.165) is 32.5 Å². The first-order valence-electron chi connectivity index (χ1n) is 7.99. The monoisotopic (exact) mass is 303 g/mol. The van der Waals surface area contributed by atoms with E-state index in [1.807, 2.05) is 0 Å². The predicted octanol–water partition coefficient (Wildman–Crippen LogP) is 1.92. The Hall–Kier alpha value is -0.320. The second-order valence-electron chi connectivity index (χ2n) is 6.24. The van der Waals surface area contributed by atoms with E-state index in [4.69, 9.17) is 5.73 Å². The molecule has 1 aliphatic carbocycles. The summed E-state index contributed by atoms with van der Waals surface area (Å²) in [6.07, 6.45) is 9.92. The molecule has 1 atom stereocenters. The van der Waals surface area contributed by atoms with E-state index >= 15 is 0 Å². The standard InChI is InChI=1S/C15H29N3O.ClH/c16-10-13-6-5-9-18(11-13)12-15(19)17-14-7-3-1-2-4-8-14;/h13-14H,1-12,16H2,(H,17,19);1H. The molecule has 20 heavy (non-hydrogen) atoms. The lowest BCUT2D eigenvalue weighted by atomic mass is 9.98. The number of rotatable bonds is 4. The lowest BCUT2D eigenvalue weighted by Crippen LogP contribution is -2.46. The van der Waals surface area contributed by atoms with Crippen molar-refractivity contribution in [2.24, 2.45) is 11.7 Å². The Kier molecular flexibility index (Phi) is 8.50. The van der Waals surface area contributed by atoms with Gasteiger partial charge < -0.3 is 11.1 Å². The molecule has 1 aliphatic heterocycles. The van der Waals surface area contributed by atoms with Gasteiger partial charge in [0.05, 0.1) is 6.54 Å². The number of carbonyl (C=O) groups is 1. The summed E-state index contributed by atoms with van der Waals surface area (Å²) in [7, 11) is 0. The van der Waals surface area contributed by atoms with Gasteiger partial charge in [-0.2, -0.15) is 0 Å². The molecule has 0 spiro atoms. The number of halogens is 1. The first-order valence-corrected chi connectivity index (χ1v) is 7.99. The summed E-state index contributed by atoms with van der Waals surface area (Å²) < 4.78 is 0. The van der Waals surface area contributed by atoms with Crippen molar-refractivity contribution in [1.29, 1.82) is 0 Å². The molecular weight excluding hydrogens is 274 g/mol. The SMILES string of the molecule is Cl.NCC1CCCN(CC(=O)NC2CCCCCC2)C1. The topological polar surface area (TPSA) is 58.4 Å². The van der Waals surface area contributed by atoms with Crippen LogP contribution < -0.4 is 11.1 Å². The zero-order chi connectivity index (χ0) is 13.5. The fraction of sp³-hybridized carbons (Fsp3) is 0.933. The van der Waals surface area contributed by atoms with Crippen molar-refractivity contribution in [3.05, 3.63) is 0 Å². The third kappa shape index (κ3) is 5.98. The van der Waals surface area contributed by atoms with Crippen LogP contribution in [0.15, 0.2) is 0 Å². The maximum atomic E-state index is 12.1. The van der Waals surface area contributed by atoms with Crippen LogP contribution in [0.4, 0.5) is 0 Å². The fourth-order valence-corrected chi connectivity index (χ4v) is 3.39. The molecule has 4 nitrogen and oxygen atoms in total. The van der Waals surface area contributed by atoms with Crippen LogP contribution in [0.2, 0.25) is 0 Å². The van der Waals surface area contributed by atoms with E-state index in [-0.39, 0.29) is 18.3 Å². The van der Waals surface area contributed by atoms with Gasteiger partial charge in [0, 0.05) is 12.6 Å². The Morgan fingerprint density at radius 3 is 2.45 bits per heavy atom. The second kappa shape index (κ2) is 9.59. The Morgan fingerprint density at radius 2 is 1.80 bits per heavy atom. The van der Waals surface area contributed by atoms with Gasteiger partial charge in [-0.25, -0.2) is 0 Å². The molecular formula is C15H30ClN3O. The molecule has 0 bridgehead atoms. The summed E-state index contributed by atoms with van der Waals surface area (Å²) in [5, 5.41) is 3.23. The fourth-order valence-electron chi connectivity index (χ4n) is 3.39. The summed E-state index contributed by atoms with van der Waals surface area (Å²) in [5.41, 5.74) is 5.74. The van der Waals surface area contributed by atoms with Crippen molar-refractivity contribution in [2.45, 2.75) is 57.4 Å². The highest BCUT2D eigenvalue weighted by Gasteiger charge is 2.21. The first-order chi connectivity index (χ1) is 9.28. The number of carbonyl (C=O) groups excluding carboxylic acids is 1. The average Bonchev–Trinajstić information content (AvgIpc) is 2.67. The molecule has 5 heteroatoms. The molecule has 1 unspecified atom stereocenters. The molecule has 2 rings (SSSR count). The van der Waals surface area contributed by atoms with E-state index in [1.165, 1.54) is 38.5 Å². The van der Waals surface area contributed by atoms with E-state index in [2.05, 4.69) is 10.2 Å². The predicted molar refractivity (Wildman–Crippen MR) is 85.1 cm³/mol. The van der Waals surface area contributed by atoms with Gasteiger partial charge in [-0.05, 0) is 44.7 Å². The molecule has 1 saturated heterocycles. The summed E-state index contributed by atoms with van der Waals surface area (Å²) >= 11 is 0. The van der Waals surface area contributed by atoms with Crippen molar-refractivity contribution in [3.8, 4) is 0 Å². The van der Waals surface area contributed by atoms with Crippen LogP contribution in [-0.2, 0) is 4.79 Å². The van der Waals surface area contributed by atoms with E-state index in [1.54, 1.807) is 0 Å². The number of piperidine rings is 1. The van der Waals surface area contributed by atoms with Crippen LogP contribution in [0, 0.1) is 5.92 Å². The van der Waals surface area contributed by atoms with Crippen molar-refractivity contribution < 1.29 is 4.79 Å². The van der Waals surface area contributed by atoms with Crippen LogP contribution in [0.5, 0.6) is 0 Å². The van der Waals surface area contributed by atoms with Crippen LogP contribution in [0.1, 0.15) is 51.4 Å². The Morgan fingerprint density at radius 1 is 1.10 bits per heavy atom. The van der Waals surface area contributed by atoms with Crippen molar-refractivity contribution >= 4 is 18.3 Å². The van der Waals surface area contributed by atoms with Crippen LogP contribution in [-0.4, -0.2) is 43.0 Å². The minimum Gasteiger partial charge on any atom is -0.352 e. The summed E-state index contributed by atoms with van der Waals surface area (Å²) in [4.78, 5) is 14.4. The second-order valence-corrected chi connectivity index (χ2v) is 6.24. The van der Waals surface area contributed by atoms with Gasteiger partial charge in [0.25, 0.3) is 0 Å². The molecule has 1 amide bonds. The van der Waals surface area contributed by atoms with Crippen molar-refractivity contribution in [1.82, 2.24) is 10.2 Å². The average molecular weight is 304 g/mol. The molecule has 1 heterocycles. The van der Waals surface area contributed by atoms with Gasteiger partial charge in [-0.1, -0.05) is 25.7 Å². The van der Waals surface area contributed by atoms with Crippen molar-refractivity contribution in [3.63, 3.8) is 0 Å². The third-order valence-corrected chi connectivity index (χ3v) is 4.52. The number of nitrogens with two attached hydrogens (primary N) is 1. The highest BCUT2D eigenvalue weighted by molar-refractivity contribution is 5.85. The molecule has 3 N–H and O–H groups in total. The summed E-state index contributed by atoms with van der Waals surface area (Å²) in [6, 6.07) is 0.421. The van der Waals surface area contributed by atoms with Crippen LogP contribution >= 0.6 is 12.4 Å². The number of hydrogen-bond acceptors (Lipinski definition) is 3. The van der Waals surface area contributed by atoms with Gasteiger partial charge in [0.2, 0.25) is 5.91 Å². The molecule has 0 aromatic heterocycles. The lowest BCUT2D eigenvalue weighted by Gasteiger charge is -2.31. The Balaban J connectivity index is 0.00000200. The number of hydrogen-bond donors (Lipinski definition) is 2. The quantitative estimate of drug-likeness (QED) is 0.780. The Labute approximate surface area is 129 Å². The van der Waals surface area contributed by atoms with Gasteiger partial charge in [0.1, 0.15) is 0 Å². The highest BCUT2D eigenvalue weighted by atomic mass is 35.5. The minimum atomic E-state index is 0. The zero-order valence-electron chi connectivity index (χ0n) is 12.5. The number of likely N-dealkylation sites (tertiary alicyclic amines) is 1. The highest BCUT2D eigenvalue weighted by Crippen LogP contribution is 2.18. The van der Waals surface area contributed by atoms with Gasteiger partial charge >= 0.3 is 0 Å². The smallest absolute Gasteiger partial charge is 0.234 e. The molecule has 0 radical (unpaired) electrons. The van der Waals surface area contributed by atoms with E-state index in [0.29, 0.717) is 18.5 Å².